The van der Waals surface area contributed by atoms with Gasteiger partial charge >= 0.3 is 6.03 Å². The number of halogens is 2. The van der Waals surface area contributed by atoms with E-state index in [2.05, 4.69) is 15.6 Å². The minimum absolute atomic E-state index is 0.118. The number of thiazole rings is 1. The van der Waals surface area contributed by atoms with Crippen LogP contribution in [0.2, 0.25) is 0 Å². The average molecular weight is 327 g/mol. The highest BCUT2D eigenvalue weighted by molar-refractivity contribution is 7.09. The van der Waals surface area contributed by atoms with Crippen LogP contribution in [-0.4, -0.2) is 22.7 Å². The number of nitrogens with zero attached hydrogens (tertiary/aromatic N) is 1. The van der Waals surface area contributed by atoms with Gasteiger partial charge in [-0.1, -0.05) is 6.07 Å². The van der Waals surface area contributed by atoms with E-state index in [9.17, 15) is 18.7 Å². The van der Waals surface area contributed by atoms with Gasteiger partial charge in [0.1, 0.15) is 0 Å². The molecule has 5 nitrogen and oxygen atoms in total. The Morgan fingerprint density at radius 1 is 1.36 bits per heavy atom. The summed E-state index contributed by atoms with van der Waals surface area (Å²) in [4.78, 5) is 15.8. The Hall–Kier alpha value is -2.06. The van der Waals surface area contributed by atoms with Crippen molar-refractivity contribution >= 4 is 17.4 Å². The zero-order chi connectivity index (χ0) is 16.1. The van der Waals surface area contributed by atoms with Gasteiger partial charge in [-0.2, -0.15) is 0 Å². The van der Waals surface area contributed by atoms with Gasteiger partial charge in [-0.3, -0.25) is 0 Å². The summed E-state index contributed by atoms with van der Waals surface area (Å²) in [5.74, 6) is -2.03. The third kappa shape index (κ3) is 4.47. The predicted octanol–water partition coefficient (Wildman–Crippen LogP) is 2.26. The van der Waals surface area contributed by atoms with E-state index in [0.717, 1.165) is 22.8 Å². The molecule has 2 aromatic rings. The van der Waals surface area contributed by atoms with Crippen LogP contribution in [0.3, 0.4) is 0 Å². The molecule has 1 aromatic heterocycles. The normalized spacial score (nSPS) is 12.0. The van der Waals surface area contributed by atoms with E-state index in [4.69, 9.17) is 0 Å². The summed E-state index contributed by atoms with van der Waals surface area (Å²) >= 11 is 1.49. The molecule has 22 heavy (non-hydrogen) atoms. The van der Waals surface area contributed by atoms with Crippen LogP contribution in [0, 0.1) is 18.6 Å². The Balaban J connectivity index is 1.78. The molecule has 0 saturated heterocycles. The van der Waals surface area contributed by atoms with Crippen molar-refractivity contribution in [3.63, 3.8) is 0 Å². The molecule has 2 amide bonds. The molecule has 1 aromatic carbocycles. The first-order valence-electron chi connectivity index (χ1n) is 6.51. The van der Waals surface area contributed by atoms with Gasteiger partial charge in [0.05, 0.1) is 23.4 Å². The number of hydrogen-bond donors (Lipinski definition) is 3. The molecule has 0 unspecified atom stereocenters. The quantitative estimate of drug-likeness (QED) is 0.789. The Labute approximate surface area is 130 Å². The number of aliphatic hydroxyl groups excluding tert-OH is 1. The largest absolute Gasteiger partial charge is 0.387 e. The van der Waals surface area contributed by atoms with Crippen molar-refractivity contribution in [3.05, 3.63) is 51.5 Å². The number of benzene rings is 1. The van der Waals surface area contributed by atoms with Crippen LogP contribution in [0.25, 0.3) is 0 Å². The molecule has 0 spiro atoms. The van der Waals surface area contributed by atoms with Crippen LogP contribution in [0.1, 0.15) is 22.4 Å². The van der Waals surface area contributed by atoms with E-state index in [1.54, 1.807) is 0 Å². The molecule has 118 valence electrons. The monoisotopic (exact) mass is 327 g/mol. The van der Waals surface area contributed by atoms with Crippen LogP contribution in [0.4, 0.5) is 13.6 Å². The Kier molecular flexibility index (Phi) is 5.40. The zero-order valence-electron chi connectivity index (χ0n) is 11.8. The fourth-order valence-electron chi connectivity index (χ4n) is 1.75. The summed E-state index contributed by atoms with van der Waals surface area (Å²) < 4.78 is 25.9. The topological polar surface area (TPSA) is 74.2 Å². The number of hydrogen-bond acceptors (Lipinski definition) is 4. The highest BCUT2D eigenvalue weighted by Crippen LogP contribution is 2.15. The number of aryl methyl sites for hydroxylation is 1. The van der Waals surface area contributed by atoms with Crippen molar-refractivity contribution < 1.29 is 18.7 Å². The lowest BCUT2D eigenvalue weighted by atomic mass is 10.1. The molecule has 2 rings (SSSR count). The second-order valence-corrected chi connectivity index (χ2v) is 5.67. The number of carbonyl (C=O) groups excluding carboxylic acids is 1. The predicted molar refractivity (Wildman–Crippen MR) is 78.4 cm³/mol. The van der Waals surface area contributed by atoms with Crippen LogP contribution in [0.15, 0.2) is 23.6 Å². The number of urea groups is 1. The molecular weight excluding hydrogens is 312 g/mol. The minimum atomic E-state index is -1.12. The van der Waals surface area contributed by atoms with Crippen molar-refractivity contribution in [1.82, 2.24) is 15.6 Å². The maximum absolute atomic E-state index is 13.1. The maximum Gasteiger partial charge on any atom is 0.315 e. The molecule has 0 aliphatic carbocycles. The van der Waals surface area contributed by atoms with Crippen molar-refractivity contribution in [2.45, 2.75) is 19.6 Å². The van der Waals surface area contributed by atoms with Crippen LogP contribution in [-0.2, 0) is 6.54 Å². The third-order valence-corrected chi connectivity index (χ3v) is 3.70. The summed E-state index contributed by atoms with van der Waals surface area (Å²) in [7, 11) is 0. The first-order valence-corrected chi connectivity index (χ1v) is 7.39. The highest BCUT2D eigenvalue weighted by atomic mass is 32.1. The second-order valence-electron chi connectivity index (χ2n) is 4.61. The van der Waals surface area contributed by atoms with E-state index in [-0.39, 0.29) is 18.7 Å². The fraction of sp³-hybridized carbons (Fsp3) is 0.286. The molecule has 0 fully saturated rings. The lowest BCUT2D eigenvalue weighted by Gasteiger charge is -2.13. The summed E-state index contributed by atoms with van der Waals surface area (Å²) in [5, 5.41) is 17.6. The van der Waals surface area contributed by atoms with Gasteiger partial charge in [-0.25, -0.2) is 18.6 Å². The van der Waals surface area contributed by atoms with Crippen LogP contribution < -0.4 is 10.6 Å². The highest BCUT2D eigenvalue weighted by Gasteiger charge is 2.12. The molecule has 0 radical (unpaired) electrons. The first-order chi connectivity index (χ1) is 10.5. The van der Waals surface area contributed by atoms with Crippen LogP contribution in [0.5, 0.6) is 0 Å². The molecule has 0 aliphatic heterocycles. The van der Waals surface area contributed by atoms with Gasteiger partial charge < -0.3 is 15.7 Å². The molecule has 3 N–H and O–H groups in total. The molecule has 0 bridgehead atoms. The Morgan fingerprint density at radius 2 is 2.14 bits per heavy atom. The zero-order valence-corrected chi connectivity index (χ0v) is 12.6. The molecule has 1 atom stereocenters. The van der Waals surface area contributed by atoms with Crippen molar-refractivity contribution in [3.8, 4) is 0 Å². The number of aromatic nitrogens is 1. The average Bonchev–Trinajstić information content (AvgIpc) is 2.91. The number of carbonyl (C=O) groups is 1. The lowest BCUT2D eigenvalue weighted by Crippen LogP contribution is -2.37. The number of rotatable bonds is 5. The Bertz CT molecular complexity index is 663. The molecule has 0 aliphatic rings. The van der Waals surface area contributed by atoms with E-state index >= 15 is 0 Å². The molecule has 8 heteroatoms. The van der Waals surface area contributed by atoms with Crippen molar-refractivity contribution in [1.29, 1.82) is 0 Å². The summed E-state index contributed by atoms with van der Waals surface area (Å²) in [6.45, 7) is 2.02. The lowest BCUT2D eigenvalue weighted by molar-refractivity contribution is 0.172. The van der Waals surface area contributed by atoms with Crippen LogP contribution >= 0.6 is 11.3 Å². The second kappa shape index (κ2) is 7.28. The van der Waals surface area contributed by atoms with Gasteiger partial charge in [0.15, 0.2) is 11.6 Å². The van der Waals surface area contributed by atoms with E-state index < -0.39 is 23.8 Å². The van der Waals surface area contributed by atoms with E-state index in [1.165, 1.54) is 17.4 Å². The number of nitrogens with one attached hydrogen (secondary N) is 2. The number of aliphatic hydroxyl groups is 1. The van der Waals surface area contributed by atoms with Gasteiger partial charge in [0.25, 0.3) is 0 Å². The Morgan fingerprint density at radius 3 is 2.77 bits per heavy atom. The molecule has 1 heterocycles. The summed E-state index contributed by atoms with van der Waals surface area (Å²) in [5.41, 5.74) is 0.938. The van der Waals surface area contributed by atoms with Gasteiger partial charge in [0, 0.05) is 11.9 Å². The van der Waals surface area contributed by atoms with Gasteiger partial charge in [-0.05, 0) is 24.6 Å². The van der Waals surface area contributed by atoms with Crippen molar-refractivity contribution in [2.24, 2.45) is 0 Å². The minimum Gasteiger partial charge on any atom is -0.387 e. The molecule has 0 saturated carbocycles. The fourth-order valence-corrected chi connectivity index (χ4v) is 2.36. The summed E-state index contributed by atoms with van der Waals surface area (Å²) in [6, 6.07) is 2.61. The molecular formula is C14H15F2N3O2S. The van der Waals surface area contributed by atoms with E-state index in [0.29, 0.717) is 0 Å². The third-order valence-electron chi connectivity index (χ3n) is 2.88. The smallest absolute Gasteiger partial charge is 0.315 e. The van der Waals surface area contributed by atoms with Gasteiger partial charge in [0.2, 0.25) is 0 Å². The summed E-state index contributed by atoms with van der Waals surface area (Å²) in [6.07, 6.45) is -1.12. The SMILES string of the molecule is Cc1nc(CNC(=O)NC[C@H](O)c2ccc(F)c(F)c2)cs1. The van der Waals surface area contributed by atoms with E-state index in [1.807, 2.05) is 12.3 Å². The number of amides is 2. The first kappa shape index (κ1) is 16.3. The maximum atomic E-state index is 13.1. The standard InChI is InChI=1S/C14H15F2N3O2S/c1-8-19-10(7-22-8)5-17-14(21)18-6-13(20)9-2-3-11(15)12(16)4-9/h2-4,7,13,20H,5-6H2,1H3,(H2,17,18,21)/t13-/m0/s1. The van der Waals surface area contributed by atoms with Gasteiger partial charge in [-0.15, -0.1) is 11.3 Å². The van der Waals surface area contributed by atoms with Crippen molar-refractivity contribution in [2.75, 3.05) is 6.54 Å².